The van der Waals surface area contributed by atoms with E-state index in [1.165, 1.54) is 26.2 Å². The molecule has 6 heteroatoms. The van der Waals surface area contributed by atoms with Crippen LogP contribution in [0.1, 0.15) is 49.9 Å². The first-order chi connectivity index (χ1) is 11.9. The highest BCUT2D eigenvalue weighted by molar-refractivity contribution is 5.92. The maximum atomic E-state index is 13.6. The number of rotatable bonds is 5. The van der Waals surface area contributed by atoms with Crippen LogP contribution in [0.2, 0.25) is 0 Å². The number of carbonyl (C=O) groups excluding carboxylic acids is 2. The summed E-state index contributed by atoms with van der Waals surface area (Å²) >= 11 is 0. The van der Waals surface area contributed by atoms with Crippen molar-refractivity contribution in [3.8, 4) is 0 Å². The normalized spacial score (nSPS) is 27.0. The fraction of sp³-hybridized carbons (Fsp3) is 0.579. The molecule has 136 valence electrons. The van der Waals surface area contributed by atoms with E-state index < -0.39 is 35.2 Å². The first-order valence-corrected chi connectivity index (χ1v) is 8.82. The second-order valence-electron chi connectivity index (χ2n) is 7.28. The fourth-order valence-corrected chi connectivity index (χ4v) is 4.32. The van der Waals surface area contributed by atoms with Gasteiger partial charge in [0.15, 0.2) is 6.10 Å². The van der Waals surface area contributed by atoms with Gasteiger partial charge < -0.3 is 10.1 Å². The summed E-state index contributed by atoms with van der Waals surface area (Å²) < 4.78 is 32.2. The molecule has 0 heterocycles. The maximum Gasteiger partial charge on any atom is 0.344 e. The van der Waals surface area contributed by atoms with E-state index in [-0.39, 0.29) is 6.04 Å². The minimum atomic E-state index is -1.18. The van der Waals surface area contributed by atoms with Gasteiger partial charge in [-0.15, -0.1) is 0 Å². The summed E-state index contributed by atoms with van der Waals surface area (Å²) in [6.45, 7) is 3.37. The third-order valence-electron chi connectivity index (χ3n) is 5.62. The number of benzene rings is 1. The third-order valence-corrected chi connectivity index (χ3v) is 5.62. The molecule has 3 rings (SSSR count). The van der Waals surface area contributed by atoms with Crippen LogP contribution in [0, 0.1) is 29.4 Å². The Labute approximate surface area is 145 Å². The number of carbonyl (C=O) groups is 2. The number of nitrogens with one attached hydrogen (secondary N) is 1. The molecule has 25 heavy (non-hydrogen) atoms. The molecule has 2 fully saturated rings. The van der Waals surface area contributed by atoms with Crippen LogP contribution in [0.15, 0.2) is 18.2 Å². The van der Waals surface area contributed by atoms with Gasteiger partial charge in [-0.25, -0.2) is 13.6 Å². The molecule has 2 bridgehead atoms. The minimum absolute atomic E-state index is 0.00542. The summed E-state index contributed by atoms with van der Waals surface area (Å²) in [5.41, 5.74) is -0.775. The molecule has 5 unspecified atom stereocenters. The standard InChI is InChI=1S/C19H23F2NO3/c1-10(14-9-12-6-7-13(14)8-12)22-18(23)11(2)25-19(24)17-15(20)4-3-5-16(17)21/h3-5,10-14H,6-9H2,1-2H3,(H,22,23). The van der Waals surface area contributed by atoms with Crippen molar-refractivity contribution >= 4 is 11.9 Å². The first kappa shape index (κ1) is 17.8. The molecule has 0 radical (unpaired) electrons. The summed E-state index contributed by atoms with van der Waals surface area (Å²) in [5, 5.41) is 2.89. The van der Waals surface area contributed by atoms with Gasteiger partial charge in [0, 0.05) is 6.04 Å². The molecule has 1 aromatic carbocycles. The molecule has 4 nitrogen and oxygen atoms in total. The van der Waals surface area contributed by atoms with E-state index in [9.17, 15) is 18.4 Å². The topological polar surface area (TPSA) is 55.4 Å². The third kappa shape index (κ3) is 3.67. The number of esters is 1. The zero-order chi connectivity index (χ0) is 18.1. The molecule has 1 aromatic rings. The maximum absolute atomic E-state index is 13.6. The van der Waals surface area contributed by atoms with E-state index in [1.54, 1.807) is 0 Å². The van der Waals surface area contributed by atoms with E-state index in [1.807, 2.05) is 6.92 Å². The van der Waals surface area contributed by atoms with Crippen molar-refractivity contribution in [3.63, 3.8) is 0 Å². The van der Waals surface area contributed by atoms with Crippen LogP contribution in [0.25, 0.3) is 0 Å². The predicted molar refractivity (Wildman–Crippen MR) is 87.8 cm³/mol. The van der Waals surface area contributed by atoms with Gasteiger partial charge in [0.05, 0.1) is 0 Å². The summed E-state index contributed by atoms with van der Waals surface area (Å²) in [6, 6.07) is 3.10. The van der Waals surface area contributed by atoms with Gasteiger partial charge in [-0.2, -0.15) is 0 Å². The molecule has 0 saturated heterocycles. The first-order valence-electron chi connectivity index (χ1n) is 8.82. The van der Waals surface area contributed by atoms with Crippen molar-refractivity contribution in [2.45, 2.75) is 51.7 Å². The van der Waals surface area contributed by atoms with E-state index in [0.29, 0.717) is 11.8 Å². The van der Waals surface area contributed by atoms with Gasteiger partial charge >= 0.3 is 5.97 Å². The molecular weight excluding hydrogens is 328 g/mol. The SMILES string of the molecule is CC(OC(=O)c1c(F)cccc1F)C(=O)NC(C)C1CC2CCC1C2. The Morgan fingerprint density at radius 3 is 2.40 bits per heavy atom. The largest absolute Gasteiger partial charge is 0.449 e. The zero-order valence-electron chi connectivity index (χ0n) is 14.4. The van der Waals surface area contributed by atoms with E-state index in [0.717, 1.165) is 30.5 Å². The molecule has 2 aliphatic rings. The molecule has 2 saturated carbocycles. The molecule has 1 amide bonds. The van der Waals surface area contributed by atoms with E-state index in [2.05, 4.69) is 5.32 Å². The second kappa shape index (κ2) is 7.10. The van der Waals surface area contributed by atoms with Crippen LogP contribution in [-0.2, 0) is 9.53 Å². The second-order valence-corrected chi connectivity index (χ2v) is 7.28. The van der Waals surface area contributed by atoms with Gasteiger partial charge in [-0.3, -0.25) is 4.79 Å². The van der Waals surface area contributed by atoms with Gasteiger partial charge in [0.1, 0.15) is 17.2 Å². The average Bonchev–Trinajstić information content (AvgIpc) is 3.17. The molecule has 0 aromatic heterocycles. The Kier molecular flexibility index (Phi) is 5.06. The Bertz CT molecular complexity index is 658. The molecule has 5 atom stereocenters. The number of hydrogen-bond donors (Lipinski definition) is 1. The molecule has 1 N–H and O–H groups in total. The average molecular weight is 351 g/mol. The molecule has 0 spiro atoms. The van der Waals surface area contributed by atoms with Crippen molar-refractivity contribution in [3.05, 3.63) is 35.4 Å². The van der Waals surface area contributed by atoms with Gasteiger partial charge in [0.2, 0.25) is 0 Å². The minimum Gasteiger partial charge on any atom is -0.449 e. The summed E-state index contributed by atoms with van der Waals surface area (Å²) in [6.07, 6.45) is 3.74. The smallest absolute Gasteiger partial charge is 0.344 e. The monoisotopic (exact) mass is 351 g/mol. The van der Waals surface area contributed by atoms with Crippen molar-refractivity contribution in [1.82, 2.24) is 5.32 Å². The highest BCUT2D eigenvalue weighted by Crippen LogP contribution is 2.49. The van der Waals surface area contributed by atoms with Crippen LogP contribution in [0.3, 0.4) is 0 Å². The number of hydrogen-bond acceptors (Lipinski definition) is 3. The predicted octanol–water partition coefficient (Wildman–Crippen LogP) is 3.45. The van der Waals surface area contributed by atoms with Crippen LogP contribution in [0.4, 0.5) is 8.78 Å². The van der Waals surface area contributed by atoms with Crippen LogP contribution < -0.4 is 5.32 Å². The Hall–Kier alpha value is -1.98. The lowest BCUT2D eigenvalue weighted by molar-refractivity contribution is -0.130. The van der Waals surface area contributed by atoms with Crippen molar-refractivity contribution < 1.29 is 23.1 Å². The fourth-order valence-electron chi connectivity index (χ4n) is 4.32. The van der Waals surface area contributed by atoms with Crippen molar-refractivity contribution in [2.75, 3.05) is 0 Å². The Morgan fingerprint density at radius 2 is 1.84 bits per heavy atom. The summed E-state index contributed by atoms with van der Waals surface area (Å²) in [5.74, 6) is -1.75. The van der Waals surface area contributed by atoms with Crippen LogP contribution >= 0.6 is 0 Å². The van der Waals surface area contributed by atoms with Gasteiger partial charge in [-0.1, -0.05) is 12.5 Å². The lowest BCUT2D eigenvalue weighted by Crippen LogP contribution is -2.45. The zero-order valence-corrected chi connectivity index (χ0v) is 14.4. The number of halogens is 2. The van der Waals surface area contributed by atoms with Crippen LogP contribution in [0.5, 0.6) is 0 Å². The molecular formula is C19H23F2NO3. The summed E-state index contributed by atoms with van der Waals surface area (Å²) in [4.78, 5) is 24.2. The van der Waals surface area contributed by atoms with E-state index in [4.69, 9.17) is 4.74 Å². The van der Waals surface area contributed by atoms with Crippen molar-refractivity contribution in [1.29, 1.82) is 0 Å². The lowest BCUT2D eigenvalue weighted by Gasteiger charge is -2.29. The quantitative estimate of drug-likeness (QED) is 0.827. The highest BCUT2D eigenvalue weighted by atomic mass is 19.1. The van der Waals surface area contributed by atoms with Crippen molar-refractivity contribution in [2.24, 2.45) is 17.8 Å². The highest BCUT2D eigenvalue weighted by Gasteiger charge is 2.42. The number of amides is 1. The van der Waals surface area contributed by atoms with Gasteiger partial charge in [0.25, 0.3) is 5.91 Å². The lowest BCUT2D eigenvalue weighted by atomic mass is 9.84. The van der Waals surface area contributed by atoms with Crippen LogP contribution in [-0.4, -0.2) is 24.0 Å². The summed E-state index contributed by atoms with van der Waals surface area (Å²) in [7, 11) is 0. The molecule has 0 aliphatic heterocycles. The van der Waals surface area contributed by atoms with Gasteiger partial charge in [-0.05, 0) is 63.0 Å². The Morgan fingerprint density at radius 1 is 1.16 bits per heavy atom. The number of fused-ring (bicyclic) bond motifs is 2. The van der Waals surface area contributed by atoms with E-state index >= 15 is 0 Å². The number of ether oxygens (including phenoxy) is 1. The molecule has 2 aliphatic carbocycles. The Balaban J connectivity index is 1.56.